The van der Waals surface area contributed by atoms with Crippen LogP contribution in [0.15, 0.2) is 12.1 Å². The van der Waals surface area contributed by atoms with E-state index in [1.807, 2.05) is 6.07 Å². The van der Waals surface area contributed by atoms with Gasteiger partial charge in [-0.3, -0.25) is 0 Å². The Morgan fingerprint density at radius 3 is 2.94 bits per heavy atom. The van der Waals surface area contributed by atoms with Crippen molar-refractivity contribution < 1.29 is 0 Å². The lowest BCUT2D eigenvalue weighted by Gasteiger charge is -2.00. The fourth-order valence-electron chi connectivity index (χ4n) is 2.10. The molecule has 1 fully saturated rings. The highest BCUT2D eigenvalue weighted by atomic mass is 35.5. The van der Waals surface area contributed by atoms with Crippen LogP contribution in [0.4, 0.5) is 0 Å². The molecule has 0 spiro atoms. The number of pyridine rings is 1. The molecule has 4 heteroatoms. The van der Waals surface area contributed by atoms with Crippen LogP contribution in [0.1, 0.15) is 49.9 Å². The minimum absolute atomic E-state index is 0.680. The van der Waals surface area contributed by atoms with Crippen LogP contribution in [0, 0.1) is 0 Å². The number of aryl methyl sites for hydroxylation is 1. The fourth-order valence-corrected chi connectivity index (χ4v) is 2.35. The maximum atomic E-state index is 6.24. The molecule has 17 heavy (non-hydrogen) atoms. The zero-order valence-corrected chi connectivity index (χ0v) is 10.7. The Hall–Kier alpha value is -1.09. The van der Waals surface area contributed by atoms with Crippen molar-refractivity contribution in [2.45, 2.75) is 44.9 Å². The Labute approximate surface area is 106 Å². The van der Waals surface area contributed by atoms with Crippen molar-refractivity contribution in [3.63, 3.8) is 0 Å². The molecule has 0 radical (unpaired) electrons. The van der Waals surface area contributed by atoms with Gasteiger partial charge in [-0.2, -0.15) is 0 Å². The quantitative estimate of drug-likeness (QED) is 0.775. The molecule has 1 saturated carbocycles. The summed E-state index contributed by atoms with van der Waals surface area (Å²) in [5.41, 5.74) is 2.21. The van der Waals surface area contributed by atoms with Crippen LogP contribution in [0.2, 0.25) is 5.15 Å². The van der Waals surface area contributed by atoms with Crippen molar-refractivity contribution in [1.82, 2.24) is 14.6 Å². The highest BCUT2D eigenvalue weighted by Crippen LogP contribution is 2.41. The van der Waals surface area contributed by atoms with Crippen molar-refractivity contribution >= 4 is 17.2 Å². The molecule has 0 aromatic carbocycles. The van der Waals surface area contributed by atoms with Gasteiger partial charge in [0.2, 0.25) is 0 Å². The minimum Gasteiger partial charge on any atom is -0.212 e. The standard InChI is InChI=1S/C13H16ClN3/c1-2-3-4-12-15-13-8-10(9-5-6-9)7-11(14)17(13)16-12/h7-9H,2-6H2,1H3. The van der Waals surface area contributed by atoms with Crippen molar-refractivity contribution in [2.24, 2.45) is 0 Å². The largest absolute Gasteiger partial charge is 0.212 e. The van der Waals surface area contributed by atoms with Gasteiger partial charge < -0.3 is 0 Å². The van der Waals surface area contributed by atoms with Crippen molar-refractivity contribution in [3.8, 4) is 0 Å². The highest BCUT2D eigenvalue weighted by Gasteiger charge is 2.24. The molecule has 3 nitrogen and oxygen atoms in total. The molecular weight excluding hydrogens is 234 g/mol. The molecule has 0 N–H and O–H groups in total. The first-order chi connectivity index (χ1) is 8.28. The number of rotatable bonds is 4. The summed E-state index contributed by atoms with van der Waals surface area (Å²) in [7, 11) is 0. The second-order valence-corrected chi connectivity index (χ2v) is 5.17. The van der Waals surface area contributed by atoms with Gasteiger partial charge in [0.25, 0.3) is 0 Å². The van der Waals surface area contributed by atoms with Gasteiger partial charge >= 0.3 is 0 Å². The Morgan fingerprint density at radius 1 is 1.41 bits per heavy atom. The third-order valence-corrected chi connectivity index (χ3v) is 3.53. The number of unbranched alkanes of at least 4 members (excludes halogenated alkanes) is 1. The van der Waals surface area contributed by atoms with Crippen molar-refractivity contribution in [1.29, 1.82) is 0 Å². The van der Waals surface area contributed by atoms with Gasteiger partial charge in [-0.15, -0.1) is 5.10 Å². The number of hydrogen-bond donors (Lipinski definition) is 0. The molecule has 2 aromatic rings. The molecule has 1 aliphatic carbocycles. The van der Waals surface area contributed by atoms with E-state index in [2.05, 4.69) is 23.1 Å². The number of nitrogens with zero attached hydrogens (tertiary/aromatic N) is 3. The normalized spacial score (nSPS) is 15.6. The maximum Gasteiger partial charge on any atom is 0.157 e. The average molecular weight is 250 g/mol. The summed E-state index contributed by atoms with van der Waals surface area (Å²) < 4.78 is 1.75. The maximum absolute atomic E-state index is 6.24. The minimum atomic E-state index is 0.680. The number of halogens is 1. The van der Waals surface area contributed by atoms with Gasteiger partial charge in [-0.25, -0.2) is 9.50 Å². The van der Waals surface area contributed by atoms with Crippen LogP contribution in [0.25, 0.3) is 5.65 Å². The lowest BCUT2D eigenvalue weighted by atomic mass is 10.2. The Morgan fingerprint density at radius 2 is 2.24 bits per heavy atom. The summed E-state index contributed by atoms with van der Waals surface area (Å²) >= 11 is 6.24. The Kier molecular flexibility index (Phi) is 2.79. The number of hydrogen-bond acceptors (Lipinski definition) is 2. The molecule has 3 rings (SSSR count). The first kappa shape index (κ1) is 11.0. The first-order valence-electron chi connectivity index (χ1n) is 6.33. The molecule has 0 bridgehead atoms. The van der Waals surface area contributed by atoms with E-state index in [9.17, 15) is 0 Å². The molecule has 0 aliphatic heterocycles. The van der Waals surface area contributed by atoms with Crippen molar-refractivity contribution in [3.05, 3.63) is 28.7 Å². The van der Waals surface area contributed by atoms with E-state index in [1.54, 1.807) is 4.52 Å². The molecule has 0 atom stereocenters. The van der Waals surface area contributed by atoms with Gasteiger partial charge in [0.05, 0.1) is 0 Å². The van der Waals surface area contributed by atoms with E-state index in [0.717, 1.165) is 30.7 Å². The Bertz CT molecular complexity index is 543. The van der Waals surface area contributed by atoms with Crippen molar-refractivity contribution in [2.75, 3.05) is 0 Å². The summed E-state index contributed by atoms with van der Waals surface area (Å²) in [5.74, 6) is 1.61. The molecule has 0 saturated heterocycles. The third-order valence-electron chi connectivity index (χ3n) is 3.26. The Balaban J connectivity index is 1.99. The van der Waals surface area contributed by atoms with E-state index in [1.165, 1.54) is 18.4 Å². The second-order valence-electron chi connectivity index (χ2n) is 4.79. The van der Waals surface area contributed by atoms with Gasteiger partial charge in [0, 0.05) is 6.42 Å². The van der Waals surface area contributed by atoms with Crippen LogP contribution in [0.3, 0.4) is 0 Å². The zero-order chi connectivity index (χ0) is 11.8. The van der Waals surface area contributed by atoms with Crippen LogP contribution >= 0.6 is 11.6 Å². The zero-order valence-electron chi connectivity index (χ0n) is 9.99. The van der Waals surface area contributed by atoms with Gasteiger partial charge in [-0.05, 0) is 42.9 Å². The predicted octanol–water partition coefficient (Wildman–Crippen LogP) is 3.60. The van der Waals surface area contributed by atoms with E-state index >= 15 is 0 Å². The van der Waals surface area contributed by atoms with Gasteiger partial charge in [0.1, 0.15) is 5.15 Å². The second kappa shape index (κ2) is 4.30. The number of aromatic nitrogens is 3. The van der Waals surface area contributed by atoms with Gasteiger partial charge in [0.15, 0.2) is 11.5 Å². The SMILES string of the molecule is CCCCc1nc2cc(C3CC3)cc(Cl)n2n1. The highest BCUT2D eigenvalue weighted by molar-refractivity contribution is 6.29. The lowest BCUT2D eigenvalue weighted by molar-refractivity contribution is 0.748. The van der Waals surface area contributed by atoms with Crippen LogP contribution in [-0.4, -0.2) is 14.6 Å². The molecule has 2 heterocycles. The monoisotopic (exact) mass is 249 g/mol. The van der Waals surface area contributed by atoms with E-state index in [-0.39, 0.29) is 0 Å². The lowest BCUT2D eigenvalue weighted by Crippen LogP contribution is -1.93. The predicted molar refractivity (Wildman–Crippen MR) is 68.6 cm³/mol. The van der Waals surface area contributed by atoms with Crippen LogP contribution in [-0.2, 0) is 6.42 Å². The summed E-state index contributed by atoms with van der Waals surface area (Å²) in [5, 5.41) is 5.12. The summed E-state index contributed by atoms with van der Waals surface area (Å²) in [6, 6.07) is 4.16. The summed E-state index contributed by atoms with van der Waals surface area (Å²) in [4.78, 5) is 4.55. The molecular formula is C13H16ClN3. The molecule has 1 aliphatic rings. The molecule has 2 aromatic heterocycles. The smallest absolute Gasteiger partial charge is 0.157 e. The average Bonchev–Trinajstić information content (AvgIpc) is 3.07. The van der Waals surface area contributed by atoms with E-state index in [0.29, 0.717) is 11.1 Å². The first-order valence-corrected chi connectivity index (χ1v) is 6.71. The van der Waals surface area contributed by atoms with Gasteiger partial charge in [-0.1, -0.05) is 24.9 Å². The van der Waals surface area contributed by atoms with E-state index in [4.69, 9.17) is 11.6 Å². The fraction of sp³-hybridized carbons (Fsp3) is 0.538. The third kappa shape index (κ3) is 2.16. The summed E-state index contributed by atoms with van der Waals surface area (Å²) in [6.45, 7) is 2.17. The van der Waals surface area contributed by atoms with Crippen LogP contribution < -0.4 is 0 Å². The topological polar surface area (TPSA) is 30.2 Å². The summed E-state index contributed by atoms with van der Waals surface area (Å²) in [6.07, 6.45) is 5.79. The van der Waals surface area contributed by atoms with Crippen LogP contribution in [0.5, 0.6) is 0 Å². The molecule has 90 valence electrons. The van der Waals surface area contributed by atoms with E-state index < -0.39 is 0 Å². The molecule has 0 unspecified atom stereocenters. The molecule has 0 amide bonds. The number of fused-ring (bicyclic) bond motifs is 1.